The molecule has 0 atom stereocenters. The molecule has 1 aliphatic rings. The van der Waals surface area contributed by atoms with Crippen molar-refractivity contribution >= 4 is 38.7 Å². The predicted octanol–water partition coefficient (Wildman–Crippen LogP) is 7.49. The first-order valence-corrected chi connectivity index (χ1v) is 16.8. The summed E-state index contributed by atoms with van der Waals surface area (Å²) in [6.07, 6.45) is 19.0. The van der Waals surface area contributed by atoms with Gasteiger partial charge in [0, 0.05) is 121 Å². The number of hydrogen-bond donors (Lipinski definition) is 2. The highest BCUT2D eigenvalue weighted by Crippen LogP contribution is 2.32. The number of nitrogens with one attached hydrogen (secondary N) is 2. The van der Waals surface area contributed by atoms with Crippen molar-refractivity contribution in [1.82, 2.24) is 44.1 Å². The van der Waals surface area contributed by atoms with Gasteiger partial charge in [-0.1, -0.05) is 36.4 Å². The van der Waals surface area contributed by atoms with Crippen LogP contribution in [0.15, 0.2) is 123 Å². The molecule has 2 aromatic carbocycles. The summed E-state index contributed by atoms with van der Waals surface area (Å²) >= 11 is 0. The van der Waals surface area contributed by atoms with Crippen molar-refractivity contribution in [3.63, 3.8) is 0 Å². The molecule has 0 aliphatic carbocycles. The molecule has 10 heteroatoms. The summed E-state index contributed by atoms with van der Waals surface area (Å²) in [5.41, 5.74) is 12.8. The van der Waals surface area contributed by atoms with Crippen LogP contribution in [0.2, 0.25) is 0 Å². The number of aromatic amines is 2. The maximum atomic E-state index is 4.62. The van der Waals surface area contributed by atoms with E-state index in [4.69, 9.17) is 0 Å². The molecule has 0 amide bonds. The molecule has 10 rings (SSSR count). The van der Waals surface area contributed by atoms with Gasteiger partial charge < -0.3 is 19.4 Å². The molecular formula is C40H36N10. The second-order valence-electron chi connectivity index (χ2n) is 13.0. The number of H-pyrrole nitrogens is 2. The van der Waals surface area contributed by atoms with Crippen molar-refractivity contribution in [1.29, 1.82) is 0 Å². The molecule has 246 valence electrons. The number of aromatic nitrogens is 9. The Balaban J connectivity index is 0.000000135. The molecular weight excluding hydrogens is 621 g/mol. The molecule has 9 aromatic rings. The van der Waals surface area contributed by atoms with Crippen molar-refractivity contribution in [3.8, 4) is 22.3 Å². The highest BCUT2D eigenvalue weighted by Gasteiger charge is 2.19. The van der Waals surface area contributed by atoms with Gasteiger partial charge in [0.05, 0.1) is 12.4 Å². The molecule has 7 aromatic heterocycles. The zero-order valence-electron chi connectivity index (χ0n) is 28.0. The fourth-order valence-corrected chi connectivity index (χ4v) is 7.13. The highest BCUT2D eigenvalue weighted by molar-refractivity contribution is 5.94. The Labute approximate surface area is 288 Å². The standard InChI is InChI=1S/C20H19N5.C20H17N5/c2*1-24-13-16(10-23-24)18-11-22-20-17(18)8-14(9-21-20)12-25-7-6-15-4-2-3-5-19(15)25/h2-5,8-11,13H,6-7,12H2,1H3,(H,21,22);2-11,13H,12H2,1H3,(H,21,22). The van der Waals surface area contributed by atoms with Gasteiger partial charge in [0.25, 0.3) is 0 Å². The fraction of sp³-hybridized carbons (Fsp3) is 0.150. The van der Waals surface area contributed by atoms with E-state index < -0.39 is 0 Å². The average Bonchev–Trinajstić information content (AvgIpc) is 4.00. The SMILES string of the molecule is Cn1cc(-c2c[nH]c3ncc(CN4CCc5ccccc54)cc23)cn1.Cn1cc(-c2c[nH]c3ncc(Cn4ccc5ccccc54)cc23)cn1. The van der Waals surface area contributed by atoms with Crippen molar-refractivity contribution in [3.05, 3.63) is 139 Å². The summed E-state index contributed by atoms with van der Waals surface area (Å²) < 4.78 is 5.90. The fourth-order valence-electron chi connectivity index (χ4n) is 7.13. The largest absolute Gasteiger partial charge is 0.367 e. The van der Waals surface area contributed by atoms with Gasteiger partial charge in [0.1, 0.15) is 11.3 Å². The van der Waals surface area contributed by atoms with E-state index in [9.17, 15) is 0 Å². The number of para-hydroxylation sites is 2. The van der Waals surface area contributed by atoms with Gasteiger partial charge in [-0.2, -0.15) is 10.2 Å². The first kappa shape index (κ1) is 29.7. The van der Waals surface area contributed by atoms with Gasteiger partial charge in [0.15, 0.2) is 0 Å². The molecule has 0 saturated carbocycles. The van der Waals surface area contributed by atoms with Gasteiger partial charge in [0.2, 0.25) is 0 Å². The number of aryl methyl sites for hydroxylation is 2. The number of anilines is 1. The number of benzene rings is 2. The zero-order valence-corrected chi connectivity index (χ0v) is 28.0. The molecule has 0 bridgehead atoms. The van der Waals surface area contributed by atoms with E-state index in [1.165, 1.54) is 33.3 Å². The number of hydrogen-bond acceptors (Lipinski definition) is 5. The second-order valence-corrected chi connectivity index (χ2v) is 13.0. The lowest BCUT2D eigenvalue weighted by Crippen LogP contribution is -2.19. The average molecular weight is 657 g/mol. The molecule has 0 spiro atoms. The van der Waals surface area contributed by atoms with E-state index in [0.717, 1.165) is 70.4 Å². The normalized spacial score (nSPS) is 12.6. The minimum absolute atomic E-state index is 0.800. The molecule has 0 saturated heterocycles. The summed E-state index contributed by atoms with van der Waals surface area (Å²) in [4.78, 5) is 18.2. The Bertz CT molecular complexity index is 2610. The number of fused-ring (bicyclic) bond motifs is 4. The van der Waals surface area contributed by atoms with Crippen LogP contribution >= 0.6 is 0 Å². The molecule has 0 radical (unpaired) electrons. The monoisotopic (exact) mass is 656 g/mol. The van der Waals surface area contributed by atoms with Gasteiger partial charge in [-0.3, -0.25) is 9.36 Å². The van der Waals surface area contributed by atoms with Crippen LogP contribution in [0.3, 0.4) is 0 Å². The Hall–Kier alpha value is -6.42. The van der Waals surface area contributed by atoms with E-state index >= 15 is 0 Å². The van der Waals surface area contributed by atoms with Crippen LogP contribution in [-0.4, -0.2) is 50.6 Å². The van der Waals surface area contributed by atoms with Crippen molar-refractivity contribution in [2.24, 2.45) is 14.1 Å². The molecule has 1 aliphatic heterocycles. The van der Waals surface area contributed by atoms with E-state index in [-0.39, 0.29) is 0 Å². The first-order valence-electron chi connectivity index (χ1n) is 16.8. The molecule has 0 fully saturated rings. The van der Waals surface area contributed by atoms with Gasteiger partial charge in [-0.25, -0.2) is 9.97 Å². The Kier molecular flexibility index (Phi) is 7.27. The first-order chi connectivity index (χ1) is 24.6. The third-order valence-corrected chi connectivity index (χ3v) is 9.60. The molecule has 8 heterocycles. The minimum atomic E-state index is 0.800. The van der Waals surface area contributed by atoms with Crippen LogP contribution in [0, 0.1) is 0 Å². The van der Waals surface area contributed by atoms with Crippen LogP contribution in [-0.2, 0) is 33.6 Å². The Morgan fingerprint density at radius 2 is 1.30 bits per heavy atom. The lowest BCUT2D eigenvalue weighted by atomic mass is 10.1. The lowest BCUT2D eigenvalue weighted by molar-refractivity contribution is 0.768. The maximum Gasteiger partial charge on any atom is 0.137 e. The third kappa shape index (κ3) is 5.50. The van der Waals surface area contributed by atoms with Crippen LogP contribution in [0.25, 0.3) is 55.2 Å². The topological polar surface area (TPSA) is 101 Å². The van der Waals surface area contributed by atoms with Crippen molar-refractivity contribution < 1.29 is 0 Å². The summed E-state index contributed by atoms with van der Waals surface area (Å²) in [5, 5.41) is 12.1. The van der Waals surface area contributed by atoms with Crippen molar-refractivity contribution in [2.45, 2.75) is 19.5 Å². The molecule has 2 N–H and O–H groups in total. The maximum absolute atomic E-state index is 4.62. The van der Waals surface area contributed by atoms with E-state index in [1.54, 1.807) is 0 Å². The molecule has 10 nitrogen and oxygen atoms in total. The van der Waals surface area contributed by atoms with Gasteiger partial charge in [-0.15, -0.1) is 0 Å². The number of pyridine rings is 2. The molecule has 50 heavy (non-hydrogen) atoms. The van der Waals surface area contributed by atoms with Gasteiger partial charge in [-0.05, 0) is 58.8 Å². The van der Waals surface area contributed by atoms with Crippen LogP contribution in [0.4, 0.5) is 5.69 Å². The summed E-state index contributed by atoms with van der Waals surface area (Å²) in [6, 6.07) is 23.7. The van der Waals surface area contributed by atoms with E-state index in [2.05, 4.69) is 113 Å². The third-order valence-electron chi connectivity index (χ3n) is 9.60. The summed E-state index contributed by atoms with van der Waals surface area (Å²) in [5.74, 6) is 0. The van der Waals surface area contributed by atoms with E-state index in [1.807, 2.05) is 73.0 Å². The van der Waals surface area contributed by atoms with Crippen LogP contribution < -0.4 is 4.90 Å². The minimum Gasteiger partial charge on any atom is -0.367 e. The highest BCUT2D eigenvalue weighted by atomic mass is 15.2. The van der Waals surface area contributed by atoms with E-state index in [0.29, 0.717) is 0 Å². The molecule has 0 unspecified atom stereocenters. The zero-order chi connectivity index (χ0) is 33.6. The van der Waals surface area contributed by atoms with Crippen molar-refractivity contribution in [2.75, 3.05) is 11.4 Å². The smallest absolute Gasteiger partial charge is 0.137 e. The van der Waals surface area contributed by atoms with Crippen LogP contribution in [0.1, 0.15) is 16.7 Å². The van der Waals surface area contributed by atoms with Gasteiger partial charge >= 0.3 is 0 Å². The summed E-state index contributed by atoms with van der Waals surface area (Å²) in [6.45, 7) is 2.76. The Morgan fingerprint density at radius 1 is 0.680 bits per heavy atom. The number of nitrogens with zero attached hydrogens (tertiary/aromatic N) is 8. The predicted molar refractivity (Wildman–Crippen MR) is 199 cm³/mol. The lowest BCUT2D eigenvalue weighted by Gasteiger charge is -2.19. The van der Waals surface area contributed by atoms with Crippen LogP contribution in [0.5, 0.6) is 0 Å². The number of rotatable bonds is 6. The Morgan fingerprint density at radius 3 is 1.96 bits per heavy atom. The summed E-state index contributed by atoms with van der Waals surface area (Å²) in [7, 11) is 3.87. The quantitative estimate of drug-likeness (QED) is 0.193. The second kappa shape index (κ2) is 12.2.